The van der Waals surface area contributed by atoms with E-state index < -0.39 is 10.0 Å². The maximum Gasteiger partial charge on any atom is 0.242 e. The average Bonchev–Trinajstić information content (AvgIpc) is 2.37. The molecule has 7 heteroatoms. The predicted octanol–water partition coefficient (Wildman–Crippen LogP) is 0.271. The Morgan fingerprint density at radius 2 is 2.21 bits per heavy atom. The van der Waals surface area contributed by atoms with Crippen LogP contribution < -0.4 is 10.5 Å². The second-order valence-electron chi connectivity index (χ2n) is 4.46. The first-order chi connectivity index (χ1) is 8.99. The van der Waals surface area contributed by atoms with Crippen LogP contribution in [-0.4, -0.2) is 40.9 Å². The Bertz CT molecular complexity index is 539. The lowest BCUT2D eigenvalue weighted by Crippen LogP contribution is -2.39. The molecule has 1 heterocycles. The number of hydrogen-bond acceptors (Lipinski definition) is 5. The number of ether oxygens (including phenoxy) is 2. The molecule has 0 bridgehead atoms. The molecule has 6 nitrogen and oxygen atoms in total. The molecule has 1 aromatic rings. The van der Waals surface area contributed by atoms with Crippen molar-refractivity contribution >= 4 is 15.7 Å². The lowest BCUT2D eigenvalue weighted by atomic mass is 10.2. The van der Waals surface area contributed by atoms with E-state index in [0.717, 1.165) is 5.56 Å². The zero-order chi connectivity index (χ0) is 13.9. The van der Waals surface area contributed by atoms with E-state index in [2.05, 4.69) is 4.72 Å². The third-order valence-electron chi connectivity index (χ3n) is 2.84. The molecule has 1 unspecified atom stereocenters. The number of benzene rings is 1. The van der Waals surface area contributed by atoms with Crippen LogP contribution in [0.2, 0.25) is 0 Å². The van der Waals surface area contributed by atoms with Crippen molar-refractivity contribution in [1.29, 1.82) is 0 Å². The molecule has 1 aliphatic heterocycles. The van der Waals surface area contributed by atoms with Gasteiger partial charge < -0.3 is 15.2 Å². The Labute approximate surface area is 112 Å². The van der Waals surface area contributed by atoms with Crippen molar-refractivity contribution in [2.45, 2.75) is 17.9 Å². The van der Waals surface area contributed by atoms with Gasteiger partial charge in [-0.3, -0.25) is 0 Å². The third kappa shape index (κ3) is 3.66. The van der Waals surface area contributed by atoms with E-state index in [1.807, 2.05) is 6.92 Å². The summed E-state index contributed by atoms with van der Waals surface area (Å²) >= 11 is 0. The highest BCUT2D eigenvalue weighted by Gasteiger charge is 2.21. The molecular formula is C12H18N2O4S. The number of anilines is 1. The number of nitrogens with one attached hydrogen (secondary N) is 1. The van der Waals surface area contributed by atoms with Crippen LogP contribution in [0.3, 0.4) is 0 Å². The summed E-state index contributed by atoms with van der Waals surface area (Å²) in [5.41, 5.74) is 6.90. The highest BCUT2D eigenvalue weighted by molar-refractivity contribution is 7.89. The van der Waals surface area contributed by atoms with Crippen LogP contribution in [-0.2, 0) is 19.5 Å². The van der Waals surface area contributed by atoms with E-state index in [4.69, 9.17) is 15.2 Å². The molecule has 1 aliphatic rings. The van der Waals surface area contributed by atoms with Gasteiger partial charge in [0.15, 0.2) is 0 Å². The van der Waals surface area contributed by atoms with Gasteiger partial charge in [0, 0.05) is 6.54 Å². The fourth-order valence-electron chi connectivity index (χ4n) is 1.85. The molecular weight excluding hydrogens is 268 g/mol. The largest absolute Gasteiger partial charge is 0.398 e. The highest BCUT2D eigenvalue weighted by atomic mass is 32.2. The van der Waals surface area contributed by atoms with Gasteiger partial charge in [-0.25, -0.2) is 13.1 Å². The summed E-state index contributed by atoms with van der Waals surface area (Å²) in [6.07, 6.45) is -0.254. The third-order valence-corrected chi connectivity index (χ3v) is 4.34. The van der Waals surface area contributed by atoms with Gasteiger partial charge in [-0.1, -0.05) is 6.07 Å². The molecule has 0 aromatic heterocycles. The molecule has 0 radical (unpaired) electrons. The maximum absolute atomic E-state index is 12.1. The molecule has 0 spiro atoms. The summed E-state index contributed by atoms with van der Waals surface area (Å²) < 4.78 is 37.3. The van der Waals surface area contributed by atoms with Crippen molar-refractivity contribution in [2.24, 2.45) is 0 Å². The molecule has 0 saturated carbocycles. The Balaban J connectivity index is 2.05. The number of sulfonamides is 1. The van der Waals surface area contributed by atoms with E-state index in [9.17, 15) is 8.42 Å². The second-order valence-corrected chi connectivity index (χ2v) is 6.20. The molecule has 1 atom stereocenters. The predicted molar refractivity (Wildman–Crippen MR) is 71.3 cm³/mol. The monoisotopic (exact) mass is 286 g/mol. The zero-order valence-corrected chi connectivity index (χ0v) is 11.6. The van der Waals surface area contributed by atoms with Gasteiger partial charge in [0.2, 0.25) is 10.0 Å². The number of hydrogen-bond donors (Lipinski definition) is 2. The fourth-order valence-corrected chi connectivity index (χ4v) is 3.02. The van der Waals surface area contributed by atoms with Crippen LogP contribution in [0.1, 0.15) is 5.56 Å². The Hall–Kier alpha value is -1.15. The normalized spacial score (nSPS) is 20.4. The van der Waals surface area contributed by atoms with Gasteiger partial charge in [-0.15, -0.1) is 0 Å². The number of nitrogen functional groups attached to an aromatic ring is 1. The molecule has 106 valence electrons. The van der Waals surface area contributed by atoms with Crippen molar-refractivity contribution in [1.82, 2.24) is 4.72 Å². The summed E-state index contributed by atoms with van der Waals surface area (Å²) in [5, 5.41) is 0. The van der Waals surface area contributed by atoms with Gasteiger partial charge in [0.25, 0.3) is 0 Å². The lowest BCUT2D eigenvalue weighted by Gasteiger charge is -2.23. The Kier molecular flexibility index (Phi) is 4.41. The minimum Gasteiger partial charge on any atom is -0.398 e. The van der Waals surface area contributed by atoms with Crippen molar-refractivity contribution in [3.05, 3.63) is 23.8 Å². The molecule has 0 amide bonds. The first kappa shape index (κ1) is 14.3. The van der Waals surface area contributed by atoms with Crippen LogP contribution in [0.5, 0.6) is 0 Å². The SMILES string of the molecule is Cc1ccc(S(=O)(=O)NCC2COCCO2)c(N)c1. The standard InChI is InChI=1S/C12H18N2O4S/c1-9-2-3-12(11(13)6-9)19(15,16)14-7-10-8-17-4-5-18-10/h2-3,6,10,14H,4-5,7-8,13H2,1H3. The summed E-state index contributed by atoms with van der Waals surface area (Å²) in [6, 6.07) is 4.85. The van der Waals surface area contributed by atoms with E-state index >= 15 is 0 Å². The first-order valence-electron chi connectivity index (χ1n) is 6.04. The van der Waals surface area contributed by atoms with Gasteiger partial charge >= 0.3 is 0 Å². The van der Waals surface area contributed by atoms with Crippen LogP contribution in [0.25, 0.3) is 0 Å². The van der Waals surface area contributed by atoms with Crippen molar-refractivity contribution in [2.75, 3.05) is 32.1 Å². The number of nitrogens with two attached hydrogens (primary N) is 1. The molecule has 1 fully saturated rings. The van der Waals surface area contributed by atoms with E-state index in [-0.39, 0.29) is 23.2 Å². The summed E-state index contributed by atoms with van der Waals surface area (Å²) in [4.78, 5) is 0.0924. The van der Waals surface area contributed by atoms with Gasteiger partial charge in [0.1, 0.15) is 4.90 Å². The van der Waals surface area contributed by atoms with E-state index in [1.54, 1.807) is 12.1 Å². The van der Waals surface area contributed by atoms with Crippen molar-refractivity contribution in [3.8, 4) is 0 Å². The average molecular weight is 286 g/mol. The first-order valence-corrected chi connectivity index (χ1v) is 7.52. The second kappa shape index (κ2) is 5.87. The van der Waals surface area contributed by atoms with Gasteiger partial charge in [0.05, 0.1) is 31.6 Å². The summed E-state index contributed by atoms with van der Waals surface area (Å²) in [7, 11) is -3.62. The van der Waals surface area contributed by atoms with Crippen molar-refractivity contribution < 1.29 is 17.9 Å². The zero-order valence-electron chi connectivity index (χ0n) is 10.8. The van der Waals surface area contributed by atoms with E-state index in [1.165, 1.54) is 6.07 Å². The highest BCUT2D eigenvalue weighted by Crippen LogP contribution is 2.19. The smallest absolute Gasteiger partial charge is 0.242 e. The fraction of sp³-hybridized carbons (Fsp3) is 0.500. The minimum atomic E-state index is -3.62. The van der Waals surface area contributed by atoms with Crippen molar-refractivity contribution in [3.63, 3.8) is 0 Å². The topological polar surface area (TPSA) is 90.7 Å². The molecule has 3 N–H and O–H groups in total. The molecule has 2 rings (SSSR count). The van der Waals surface area contributed by atoms with Crippen LogP contribution >= 0.6 is 0 Å². The summed E-state index contributed by atoms with van der Waals surface area (Å²) in [5.74, 6) is 0. The number of rotatable bonds is 4. The molecule has 19 heavy (non-hydrogen) atoms. The van der Waals surface area contributed by atoms with Gasteiger partial charge in [-0.2, -0.15) is 0 Å². The van der Waals surface area contributed by atoms with Crippen LogP contribution in [0.15, 0.2) is 23.1 Å². The quantitative estimate of drug-likeness (QED) is 0.775. The molecule has 0 aliphatic carbocycles. The van der Waals surface area contributed by atoms with Gasteiger partial charge in [-0.05, 0) is 24.6 Å². The van der Waals surface area contributed by atoms with Crippen LogP contribution in [0, 0.1) is 6.92 Å². The molecule has 1 aromatic carbocycles. The summed E-state index contributed by atoms with van der Waals surface area (Å²) in [6.45, 7) is 3.46. The minimum absolute atomic E-state index is 0.0924. The Morgan fingerprint density at radius 3 is 2.84 bits per heavy atom. The van der Waals surface area contributed by atoms with E-state index in [0.29, 0.717) is 19.8 Å². The van der Waals surface area contributed by atoms with Crippen LogP contribution in [0.4, 0.5) is 5.69 Å². The number of aryl methyl sites for hydroxylation is 1. The maximum atomic E-state index is 12.1. The lowest BCUT2D eigenvalue weighted by molar-refractivity contribution is -0.0846. The molecule has 1 saturated heterocycles. The Morgan fingerprint density at radius 1 is 1.42 bits per heavy atom.